The molecular formula is C10H14ClN3O. The Hall–Kier alpha value is -1.29. The van der Waals surface area contributed by atoms with Crippen LogP contribution in [0.1, 0.15) is 23.1 Å². The van der Waals surface area contributed by atoms with Crippen molar-refractivity contribution in [2.24, 2.45) is 0 Å². The summed E-state index contributed by atoms with van der Waals surface area (Å²) in [5.74, 6) is -0.220. The quantitative estimate of drug-likeness (QED) is 0.798. The topological polar surface area (TPSA) is 46.9 Å². The van der Waals surface area contributed by atoms with Gasteiger partial charge in [-0.15, -0.1) is 6.58 Å². The maximum atomic E-state index is 11.7. The number of nitrogens with one attached hydrogen (secondary N) is 1. The van der Waals surface area contributed by atoms with Crippen LogP contribution in [0, 0.1) is 6.92 Å². The summed E-state index contributed by atoms with van der Waals surface area (Å²) in [5, 5.41) is 7.25. The van der Waals surface area contributed by atoms with Gasteiger partial charge in [0.2, 0.25) is 0 Å². The van der Waals surface area contributed by atoms with Crippen LogP contribution >= 0.6 is 11.6 Å². The summed E-state index contributed by atoms with van der Waals surface area (Å²) in [6.45, 7) is 8.25. The van der Waals surface area contributed by atoms with Crippen molar-refractivity contribution >= 4 is 17.5 Å². The number of carbonyl (C=O) groups is 1. The van der Waals surface area contributed by atoms with Gasteiger partial charge in [-0.2, -0.15) is 5.10 Å². The molecule has 0 atom stereocenters. The molecule has 5 heteroatoms. The maximum Gasteiger partial charge on any atom is 0.271 e. The Balaban J connectivity index is 3.00. The minimum Gasteiger partial charge on any atom is -0.347 e. The predicted molar refractivity (Wildman–Crippen MR) is 60.2 cm³/mol. The summed E-state index contributed by atoms with van der Waals surface area (Å²) in [7, 11) is 0. The van der Waals surface area contributed by atoms with E-state index in [0.717, 1.165) is 0 Å². The fraction of sp³-hybridized carbons (Fsp3) is 0.400. The number of hydrogen-bond donors (Lipinski definition) is 1. The lowest BCUT2D eigenvalue weighted by molar-refractivity contribution is 0.0947. The van der Waals surface area contributed by atoms with Crippen LogP contribution in [0.2, 0.25) is 5.02 Å². The smallest absolute Gasteiger partial charge is 0.271 e. The molecule has 1 aromatic heterocycles. The average Bonchev–Trinajstić information content (AvgIpc) is 2.51. The highest BCUT2D eigenvalue weighted by Gasteiger charge is 2.18. The summed E-state index contributed by atoms with van der Waals surface area (Å²) in [6, 6.07) is 0. The molecule has 1 amide bonds. The Morgan fingerprint density at radius 2 is 2.40 bits per heavy atom. The molecule has 1 heterocycles. The highest BCUT2D eigenvalue weighted by atomic mass is 35.5. The molecule has 4 nitrogen and oxygen atoms in total. The van der Waals surface area contributed by atoms with E-state index in [9.17, 15) is 4.79 Å². The Morgan fingerprint density at radius 1 is 1.73 bits per heavy atom. The van der Waals surface area contributed by atoms with E-state index in [1.165, 1.54) is 0 Å². The van der Waals surface area contributed by atoms with Crippen molar-refractivity contribution in [3.8, 4) is 0 Å². The molecule has 0 aliphatic rings. The van der Waals surface area contributed by atoms with E-state index >= 15 is 0 Å². The maximum absolute atomic E-state index is 11.7. The Morgan fingerprint density at radius 3 is 2.93 bits per heavy atom. The van der Waals surface area contributed by atoms with E-state index in [4.69, 9.17) is 11.6 Å². The number of aromatic nitrogens is 2. The summed E-state index contributed by atoms with van der Waals surface area (Å²) in [6.07, 6.45) is 1.62. The highest BCUT2D eigenvalue weighted by molar-refractivity contribution is 6.34. The molecule has 0 radical (unpaired) electrons. The van der Waals surface area contributed by atoms with Crippen molar-refractivity contribution in [3.63, 3.8) is 0 Å². The molecular weight excluding hydrogens is 214 g/mol. The number of halogens is 1. The second-order valence-electron chi connectivity index (χ2n) is 3.06. The molecule has 0 saturated heterocycles. The monoisotopic (exact) mass is 227 g/mol. The van der Waals surface area contributed by atoms with E-state index < -0.39 is 0 Å². The number of carbonyl (C=O) groups excluding carboxylic acids is 1. The van der Waals surface area contributed by atoms with Crippen LogP contribution in [0.4, 0.5) is 0 Å². The first-order valence-corrected chi connectivity index (χ1v) is 5.11. The van der Waals surface area contributed by atoms with Gasteiger partial charge in [-0.3, -0.25) is 9.48 Å². The molecule has 0 aromatic carbocycles. The van der Waals surface area contributed by atoms with Crippen LogP contribution in [0.15, 0.2) is 12.7 Å². The molecule has 0 bridgehead atoms. The van der Waals surface area contributed by atoms with Crippen LogP contribution in [0.3, 0.4) is 0 Å². The third-order valence-electron chi connectivity index (χ3n) is 1.98. The Kier molecular flexibility index (Phi) is 3.91. The zero-order valence-electron chi connectivity index (χ0n) is 8.88. The number of rotatable bonds is 4. The second-order valence-corrected chi connectivity index (χ2v) is 3.44. The third-order valence-corrected chi connectivity index (χ3v) is 2.43. The highest BCUT2D eigenvalue weighted by Crippen LogP contribution is 2.19. The summed E-state index contributed by atoms with van der Waals surface area (Å²) in [4.78, 5) is 11.7. The number of nitrogens with zero attached hydrogens (tertiary/aromatic N) is 2. The summed E-state index contributed by atoms with van der Waals surface area (Å²) >= 11 is 6.00. The number of amides is 1. The predicted octanol–water partition coefficient (Wildman–Crippen LogP) is 1.78. The Bertz CT molecular complexity index is 384. The lowest BCUT2D eigenvalue weighted by Gasteiger charge is -2.04. The van der Waals surface area contributed by atoms with E-state index in [-0.39, 0.29) is 5.91 Å². The number of aryl methyl sites for hydroxylation is 2. The van der Waals surface area contributed by atoms with Gasteiger partial charge in [0.15, 0.2) is 0 Å². The van der Waals surface area contributed by atoms with Crippen LogP contribution in [-0.4, -0.2) is 22.2 Å². The van der Waals surface area contributed by atoms with Gasteiger partial charge in [-0.1, -0.05) is 17.7 Å². The SMILES string of the molecule is C=CCNC(=O)c1c(Cl)c(C)nn1CC. The third kappa shape index (κ3) is 2.39. The molecule has 0 unspecified atom stereocenters. The normalized spacial score (nSPS) is 10.1. The number of hydrogen-bond acceptors (Lipinski definition) is 2. The molecule has 0 aliphatic heterocycles. The van der Waals surface area contributed by atoms with Gasteiger partial charge in [0.25, 0.3) is 5.91 Å². The van der Waals surface area contributed by atoms with Gasteiger partial charge in [0.05, 0.1) is 10.7 Å². The van der Waals surface area contributed by atoms with E-state index in [1.807, 2.05) is 6.92 Å². The van der Waals surface area contributed by atoms with Crippen molar-refractivity contribution in [1.29, 1.82) is 0 Å². The average molecular weight is 228 g/mol. The minimum atomic E-state index is -0.220. The lowest BCUT2D eigenvalue weighted by Crippen LogP contribution is -2.26. The standard InChI is InChI=1S/C10H14ClN3O/c1-4-6-12-10(15)9-8(11)7(3)13-14(9)5-2/h4H,1,5-6H2,2-3H3,(H,12,15). The van der Waals surface area contributed by atoms with Gasteiger partial charge in [-0.25, -0.2) is 0 Å². The molecule has 0 spiro atoms. The van der Waals surface area contributed by atoms with E-state index in [1.54, 1.807) is 17.7 Å². The van der Waals surface area contributed by atoms with Gasteiger partial charge in [0.1, 0.15) is 5.69 Å². The lowest BCUT2D eigenvalue weighted by atomic mass is 10.3. The van der Waals surface area contributed by atoms with Crippen molar-refractivity contribution < 1.29 is 4.79 Å². The fourth-order valence-electron chi connectivity index (χ4n) is 1.25. The van der Waals surface area contributed by atoms with Crippen molar-refractivity contribution in [3.05, 3.63) is 29.1 Å². The molecule has 0 saturated carbocycles. The van der Waals surface area contributed by atoms with Gasteiger partial charge >= 0.3 is 0 Å². The van der Waals surface area contributed by atoms with Gasteiger partial charge in [0, 0.05) is 13.1 Å². The van der Waals surface area contributed by atoms with Crippen molar-refractivity contribution in [2.45, 2.75) is 20.4 Å². The van der Waals surface area contributed by atoms with Crippen LogP contribution in [0.5, 0.6) is 0 Å². The van der Waals surface area contributed by atoms with Gasteiger partial charge in [-0.05, 0) is 13.8 Å². The van der Waals surface area contributed by atoms with E-state index in [0.29, 0.717) is 29.5 Å². The molecule has 1 aromatic rings. The molecule has 82 valence electrons. The largest absolute Gasteiger partial charge is 0.347 e. The van der Waals surface area contributed by atoms with Crippen LogP contribution < -0.4 is 5.32 Å². The molecule has 0 aliphatic carbocycles. The first-order valence-electron chi connectivity index (χ1n) is 4.73. The second kappa shape index (κ2) is 4.98. The zero-order valence-corrected chi connectivity index (χ0v) is 9.64. The molecule has 1 N–H and O–H groups in total. The van der Waals surface area contributed by atoms with E-state index in [2.05, 4.69) is 17.0 Å². The first kappa shape index (κ1) is 11.8. The molecule has 0 fully saturated rings. The van der Waals surface area contributed by atoms with Crippen molar-refractivity contribution in [2.75, 3.05) is 6.54 Å². The summed E-state index contributed by atoms with van der Waals surface area (Å²) in [5.41, 5.74) is 1.08. The Labute approximate surface area is 93.9 Å². The summed E-state index contributed by atoms with van der Waals surface area (Å²) < 4.78 is 1.59. The van der Waals surface area contributed by atoms with Crippen LogP contribution in [0.25, 0.3) is 0 Å². The fourth-order valence-corrected chi connectivity index (χ4v) is 1.48. The molecule has 1 rings (SSSR count). The van der Waals surface area contributed by atoms with Crippen LogP contribution in [-0.2, 0) is 6.54 Å². The minimum absolute atomic E-state index is 0.220. The van der Waals surface area contributed by atoms with Crippen molar-refractivity contribution in [1.82, 2.24) is 15.1 Å². The van der Waals surface area contributed by atoms with Gasteiger partial charge < -0.3 is 5.32 Å². The first-order chi connectivity index (χ1) is 7.11. The zero-order chi connectivity index (χ0) is 11.4. The molecule has 15 heavy (non-hydrogen) atoms.